The largest absolute Gasteiger partial charge is 0.436 e. The van der Waals surface area contributed by atoms with Crippen LogP contribution in [0, 0.1) is 23.0 Å². The third-order valence-electron chi connectivity index (χ3n) is 5.81. The number of carbonyl (C=O) groups excluding carboxylic acids is 1. The van der Waals surface area contributed by atoms with E-state index in [-0.39, 0.29) is 5.69 Å². The molecule has 2 heterocycles. The molecule has 1 fully saturated rings. The predicted molar refractivity (Wildman–Crippen MR) is 129 cm³/mol. The van der Waals surface area contributed by atoms with E-state index in [9.17, 15) is 26.7 Å². The van der Waals surface area contributed by atoms with Crippen molar-refractivity contribution >= 4 is 11.8 Å². The molecule has 0 saturated carbocycles. The summed E-state index contributed by atoms with van der Waals surface area (Å²) in [4.78, 5) is 13.2. The van der Waals surface area contributed by atoms with Crippen LogP contribution in [0.25, 0.3) is 5.69 Å². The number of alkyl halides is 3. The van der Waals surface area contributed by atoms with Crippen molar-refractivity contribution in [1.29, 1.82) is 5.26 Å². The molecule has 0 aliphatic carbocycles. The summed E-state index contributed by atoms with van der Waals surface area (Å²) >= 11 is 0. The van der Waals surface area contributed by atoms with Gasteiger partial charge in [-0.1, -0.05) is 24.3 Å². The summed E-state index contributed by atoms with van der Waals surface area (Å²) in [6, 6.07) is 12.3. The number of urea groups is 1. The molecule has 0 radical (unpaired) electrons. The molecule has 2 aromatic carbocycles. The Hall–Kier alpha value is -4.02. The fourth-order valence-electron chi connectivity index (χ4n) is 4.01. The van der Waals surface area contributed by atoms with E-state index in [2.05, 4.69) is 10.00 Å². The second-order valence-electron chi connectivity index (χ2n) is 8.37. The van der Waals surface area contributed by atoms with Gasteiger partial charge in [0.05, 0.1) is 12.3 Å². The molecule has 4 rings (SSSR count). The molecule has 13 heteroatoms. The summed E-state index contributed by atoms with van der Waals surface area (Å²) in [6.07, 6.45) is -3.84. The first-order valence-electron chi connectivity index (χ1n) is 11.4. The topological polar surface area (TPSA) is 109 Å². The van der Waals surface area contributed by atoms with Crippen LogP contribution in [0.3, 0.4) is 0 Å². The zero-order chi connectivity index (χ0) is 27.9. The third kappa shape index (κ3) is 7.05. The number of primary amides is 1. The zero-order valence-electron chi connectivity index (χ0n) is 20.3. The van der Waals surface area contributed by atoms with E-state index >= 15 is 0 Å². The number of rotatable bonds is 6. The maximum atomic E-state index is 13.1. The molecule has 3 N–H and O–H groups in total. The Balaban J connectivity index is 0.000000215. The van der Waals surface area contributed by atoms with Crippen LogP contribution < -0.4 is 11.1 Å². The van der Waals surface area contributed by atoms with Crippen molar-refractivity contribution < 1.29 is 31.5 Å². The molecule has 1 atom stereocenters. The van der Waals surface area contributed by atoms with E-state index < -0.39 is 40.9 Å². The number of anilines is 1. The van der Waals surface area contributed by atoms with Gasteiger partial charge in [0.15, 0.2) is 23.1 Å². The average Bonchev–Trinajstić information content (AvgIpc) is 3.50. The Morgan fingerprint density at radius 3 is 2.50 bits per heavy atom. The monoisotopic (exact) mass is 536 g/mol. The summed E-state index contributed by atoms with van der Waals surface area (Å²) < 4.78 is 70.5. The van der Waals surface area contributed by atoms with Crippen LogP contribution in [0.15, 0.2) is 48.5 Å². The van der Waals surface area contributed by atoms with Gasteiger partial charge in [-0.2, -0.15) is 23.5 Å². The molecule has 1 aliphatic rings. The lowest BCUT2D eigenvalue weighted by molar-refractivity contribution is -0.141. The van der Waals surface area contributed by atoms with Gasteiger partial charge < -0.3 is 15.4 Å². The van der Waals surface area contributed by atoms with Crippen LogP contribution in [-0.4, -0.2) is 54.1 Å². The van der Waals surface area contributed by atoms with Crippen LogP contribution in [0.5, 0.6) is 0 Å². The van der Waals surface area contributed by atoms with Gasteiger partial charge in [0.2, 0.25) is 0 Å². The number of benzene rings is 2. The van der Waals surface area contributed by atoms with Gasteiger partial charge in [0.1, 0.15) is 11.6 Å². The number of amides is 2. The molecule has 38 heavy (non-hydrogen) atoms. The number of para-hydroxylation sites is 1. The van der Waals surface area contributed by atoms with Crippen LogP contribution >= 0.6 is 0 Å². The maximum Gasteiger partial charge on any atom is 0.436 e. The number of halogens is 5. The lowest BCUT2D eigenvalue weighted by atomic mass is 9.98. The first-order valence-corrected chi connectivity index (χ1v) is 11.4. The fraction of sp³-hybridized carbons (Fsp3) is 0.320. The van der Waals surface area contributed by atoms with E-state index in [1.807, 2.05) is 5.32 Å². The Morgan fingerprint density at radius 2 is 1.92 bits per heavy atom. The molecule has 1 aromatic heterocycles. The Bertz CT molecular complexity index is 1290. The van der Waals surface area contributed by atoms with Gasteiger partial charge in [-0.15, -0.1) is 0 Å². The van der Waals surface area contributed by atoms with Crippen LogP contribution in [0.4, 0.5) is 32.6 Å². The number of likely N-dealkylation sites (tertiary alicyclic amines) is 1. The molecule has 1 saturated heterocycles. The van der Waals surface area contributed by atoms with E-state index in [0.29, 0.717) is 12.5 Å². The highest BCUT2D eigenvalue weighted by Gasteiger charge is 2.40. The highest BCUT2D eigenvalue weighted by molar-refractivity contribution is 5.89. The van der Waals surface area contributed by atoms with Crippen LogP contribution in [0.1, 0.15) is 29.2 Å². The summed E-state index contributed by atoms with van der Waals surface area (Å²) in [5.74, 6) is -1.65. The number of aromatic nitrogens is 2. The minimum absolute atomic E-state index is 0.244. The number of hydrogen-bond donors (Lipinski definition) is 2. The van der Waals surface area contributed by atoms with Gasteiger partial charge in [0, 0.05) is 20.2 Å². The summed E-state index contributed by atoms with van der Waals surface area (Å²) in [7, 11) is 1.68. The fourth-order valence-corrected chi connectivity index (χ4v) is 4.01. The van der Waals surface area contributed by atoms with Crippen molar-refractivity contribution in [2.24, 2.45) is 5.73 Å². The van der Waals surface area contributed by atoms with Crippen molar-refractivity contribution in [1.82, 2.24) is 14.7 Å². The van der Waals surface area contributed by atoms with Crippen LogP contribution in [-0.2, 0) is 10.9 Å². The molecule has 2 amide bonds. The number of nitrogens with zero attached hydrogens (tertiary/aromatic N) is 4. The number of nitrogens with two attached hydrogens (primary N) is 1. The average molecular weight is 537 g/mol. The first-order chi connectivity index (χ1) is 18.0. The SMILES string of the molecule is COCCN1CCC(c2ccc(F)c(F)c2)C1.N#Cc1c(C(F)(F)F)nn(-c2ccccc2)c1NC(N)=O. The van der Waals surface area contributed by atoms with Crippen molar-refractivity contribution in [3.05, 3.63) is 77.0 Å². The summed E-state index contributed by atoms with van der Waals surface area (Å²) in [5, 5.41) is 14.3. The minimum atomic E-state index is -4.83. The Labute approximate surface area is 215 Å². The number of hydrogen-bond acceptors (Lipinski definition) is 5. The van der Waals surface area contributed by atoms with Crippen molar-refractivity contribution in [3.63, 3.8) is 0 Å². The van der Waals surface area contributed by atoms with E-state index in [1.54, 1.807) is 31.4 Å². The van der Waals surface area contributed by atoms with Crippen LogP contribution in [0.2, 0.25) is 0 Å². The smallest absolute Gasteiger partial charge is 0.383 e. The van der Waals surface area contributed by atoms with Gasteiger partial charge in [-0.3, -0.25) is 5.32 Å². The number of ether oxygens (including phenoxy) is 1. The van der Waals surface area contributed by atoms with Gasteiger partial charge >= 0.3 is 12.2 Å². The van der Waals surface area contributed by atoms with E-state index in [0.717, 1.165) is 36.3 Å². The van der Waals surface area contributed by atoms with Crippen molar-refractivity contribution in [2.45, 2.75) is 18.5 Å². The van der Waals surface area contributed by atoms with Gasteiger partial charge in [-0.05, 0) is 48.7 Å². The Morgan fingerprint density at radius 1 is 1.21 bits per heavy atom. The molecule has 0 bridgehead atoms. The van der Waals surface area contributed by atoms with E-state index in [1.165, 1.54) is 30.3 Å². The Kier molecular flexibility index (Phi) is 9.38. The molecular weight excluding hydrogens is 511 g/mol. The normalized spacial score (nSPS) is 15.4. The summed E-state index contributed by atoms with van der Waals surface area (Å²) in [5.41, 5.74) is 3.88. The van der Waals surface area contributed by atoms with E-state index in [4.69, 9.17) is 15.7 Å². The third-order valence-corrected chi connectivity index (χ3v) is 5.81. The quantitative estimate of drug-likeness (QED) is 0.446. The van der Waals surface area contributed by atoms with Gasteiger partial charge in [0.25, 0.3) is 0 Å². The second-order valence-corrected chi connectivity index (χ2v) is 8.37. The first kappa shape index (κ1) is 28.5. The molecule has 0 spiro atoms. The minimum Gasteiger partial charge on any atom is -0.383 e. The van der Waals surface area contributed by atoms with Crippen molar-refractivity contribution in [2.75, 3.05) is 38.7 Å². The summed E-state index contributed by atoms with van der Waals surface area (Å²) in [6.45, 7) is 3.50. The molecule has 1 unspecified atom stereocenters. The second kappa shape index (κ2) is 12.5. The molecule has 1 aliphatic heterocycles. The standard InChI is InChI=1S/C13H17F2NO.C12H8F3N5O/c1-17-7-6-16-5-4-11(9-16)10-2-3-12(14)13(15)8-10;13-12(14,15)9-8(6-16)10(18-11(17)21)20(19-9)7-4-2-1-3-5-7/h2-3,8,11H,4-7,9H2,1H3;1-5H,(H3,17,18,21). The number of nitrogens with one attached hydrogen (secondary N) is 1. The van der Waals surface area contributed by atoms with Crippen molar-refractivity contribution in [3.8, 4) is 11.8 Å². The maximum absolute atomic E-state index is 13.1. The molecular formula is C25H25F5N6O2. The lowest BCUT2D eigenvalue weighted by Gasteiger charge is -2.15. The number of methoxy groups -OCH3 is 1. The number of nitriles is 1. The molecule has 3 aromatic rings. The predicted octanol–water partition coefficient (Wildman–Crippen LogP) is 4.65. The zero-order valence-corrected chi connectivity index (χ0v) is 20.3. The molecule has 202 valence electrons. The lowest BCUT2D eigenvalue weighted by Crippen LogP contribution is -2.24. The highest BCUT2D eigenvalue weighted by atomic mass is 19.4. The molecule has 8 nitrogen and oxygen atoms in total. The number of carbonyl (C=O) groups is 1. The van der Waals surface area contributed by atoms with Gasteiger partial charge in [-0.25, -0.2) is 18.3 Å². The highest BCUT2D eigenvalue weighted by Crippen LogP contribution is 2.35.